The Labute approximate surface area is 77.8 Å². The number of hydrogen-bond acceptors (Lipinski definition) is 2. The first-order valence-corrected chi connectivity index (χ1v) is 4.23. The summed E-state index contributed by atoms with van der Waals surface area (Å²) in [6.45, 7) is 9.25. The van der Waals surface area contributed by atoms with Crippen LogP contribution in [0.5, 0.6) is 0 Å². The van der Waals surface area contributed by atoms with E-state index in [9.17, 15) is 9.59 Å². The second-order valence-electron chi connectivity index (χ2n) is 3.27. The van der Waals surface area contributed by atoms with Crippen LogP contribution in [-0.4, -0.2) is 22.5 Å². The summed E-state index contributed by atoms with van der Waals surface area (Å²) in [5.74, 6) is 0. The highest BCUT2D eigenvalue weighted by molar-refractivity contribution is 5.99. The zero-order chi connectivity index (χ0) is 10.6. The molecule has 13 heavy (non-hydrogen) atoms. The first kappa shape index (κ1) is 11.7. The van der Waals surface area contributed by atoms with E-state index >= 15 is 0 Å². The number of imide groups is 1. The fourth-order valence-electron chi connectivity index (χ4n) is 0.831. The molecule has 1 aliphatic heterocycles. The molecule has 1 aliphatic rings. The first-order valence-electron chi connectivity index (χ1n) is 4.23. The van der Waals surface area contributed by atoms with Gasteiger partial charge in [0.1, 0.15) is 0 Å². The number of carbonyl (C=O) groups is 2. The summed E-state index contributed by atoms with van der Waals surface area (Å²) in [5.41, 5.74) is -0.530. The van der Waals surface area contributed by atoms with E-state index in [1.165, 1.54) is 0 Å². The van der Waals surface area contributed by atoms with Crippen molar-refractivity contribution >= 4 is 12.1 Å². The average Bonchev–Trinajstić information content (AvgIpc) is 2.33. The van der Waals surface area contributed by atoms with Crippen molar-refractivity contribution in [3.63, 3.8) is 0 Å². The van der Waals surface area contributed by atoms with E-state index in [1.807, 2.05) is 13.8 Å². The van der Waals surface area contributed by atoms with Crippen LogP contribution in [0.25, 0.3) is 0 Å². The molecule has 5 heteroatoms. The van der Waals surface area contributed by atoms with Gasteiger partial charge < -0.3 is 0 Å². The summed E-state index contributed by atoms with van der Waals surface area (Å²) < 4.78 is 0. The van der Waals surface area contributed by atoms with Gasteiger partial charge in [0.2, 0.25) is 0 Å². The minimum absolute atomic E-state index is 0.530. The van der Waals surface area contributed by atoms with Crippen LogP contribution in [0.1, 0.15) is 34.6 Å². The summed E-state index contributed by atoms with van der Waals surface area (Å²) in [4.78, 5) is 22.8. The number of amides is 4. The largest absolute Gasteiger partial charge is 0.371 e. The maximum Gasteiger partial charge on any atom is 0.371 e. The molecule has 0 N–H and O–H groups in total. The molecule has 0 saturated carbocycles. The number of azo groups is 1. The Balaban J connectivity index is 0.000000671. The third-order valence-electron chi connectivity index (χ3n) is 1.27. The second kappa shape index (κ2) is 4.11. The van der Waals surface area contributed by atoms with Gasteiger partial charge >= 0.3 is 12.1 Å². The fraction of sp³-hybridized carbons (Fsp3) is 0.750. The molecular formula is C8H15N3O2. The molecule has 0 atom stereocenters. The summed E-state index contributed by atoms with van der Waals surface area (Å²) in [5, 5.41) is 6.26. The predicted octanol–water partition coefficient (Wildman–Crippen LogP) is 2.82. The lowest BCUT2D eigenvalue weighted by molar-refractivity contribution is 0.169. The van der Waals surface area contributed by atoms with Gasteiger partial charge in [-0.1, -0.05) is 24.1 Å². The Kier molecular flexibility index (Phi) is 3.71. The third kappa shape index (κ3) is 2.61. The minimum atomic E-state index is -0.581. The highest BCUT2D eigenvalue weighted by Crippen LogP contribution is 2.19. The van der Waals surface area contributed by atoms with Gasteiger partial charge in [-0.15, -0.1) is 0 Å². The van der Waals surface area contributed by atoms with Crippen LogP contribution in [-0.2, 0) is 0 Å². The standard InChI is InChI=1S/C6H9N3O2.C2H6/c1-6(2,3)9-4(10)7-8-5(9)11;1-2/h1-3H3;1-2H3. The maximum atomic E-state index is 10.9. The number of rotatable bonds is 0. The second-order valence-corrected chi connectivity index (χ2v) is 3.27. The molecule has 0 spiro atoms. The van der Waals surface area contributed by atoms with E-state index in [0.717, 1.165) is 4.90 Å². The van der Waals surface area contributed by atoms with Crippen molar-refractivity contribution in [3.8, 4) is 0 Å². The number of nitrogens with zero attached hydrogens (tertiary/aromatic N) is 3. The number of urea groups is 2. The molecule has 74 valence electrons. The Morgan fingerprint density at radius 3 is 1.46 bits per heavy atom. The summed E-state index contributed by atoms with van der Waals surface area (Å²) >= 11 is 0. The molecule has 1 rings (SSSR count). The van der Waals surface area contributed by atoms with Gasteiger partial charge in [-0.05, 0) is 20.8 Å². The molecule has 0 aromatic heterocycles. The maximum absolute atomic E-state index is 10.9. The van der Waals surface area contributed by atoms with Gasteiger partial charge in [-0.25, -0.2) is 14.5 Å². The van der Waals surface area contributed by atoms with Crippen molar-refractivity contribution in [1.29, 1.82) is 0 Å². The molecule has 0 radical (unpaired) electrons. The normalized spacial score (nSPS) is 15.9. The van der Waals surface area contributed by atoms with Gasteiger partial charge in [0, 0.05) is 5.54 Å². The lowest BCUT2D eigenvalue weighted by Gasteiger charge is -2.26. The Hall–Kier alpha value is -1.26. The van der Waals surface area contributed by atoms with Gasteiger partial charge in [0.25, 0.3) is 0 Å². The van der Waals surface area contributed by atoms with Gasteiger partial charge in [0.15, 0.2) is 0 Å². The molecule has 0 bridgehead atoms. The molecule has 5 nitrogen and oxygen atoms in total. The van der Waals surface area contributed by atoms with E-state index in [0.29, 0.717) is 0 Å². The third-order valence-corrected chi connectivity index (χ3v) is 1.27. The van der Waals surface area contributed by atoms with Crippen LogP contribution in [0, 0.1) is 0 Å². The molecule has 0 saturated heterocycles. The van der Waals surface area contributed by atoms with E-state index < -0.39 is 17.6 Å². The predicted molar refractivity (Wildman–Crippen MR) is 48.6 cm³/mol. The highest BCUT2D eigenvalue weighted by atomic mass is 16.2. The van der Waals surface area contributed by atoms with E-state index in [1.54, 1.807) is 20.8 Å². The lowest BCUT2D eigenvalue weighted by Crippen LogP contribution is -2.44. The summed E-state index contributed by atoms with van der Waals surface area (Å²) in [6.07, 6.45) is 0. The van der Waals surface area contributed by atoms with Crippen molar-refractivity contribution in [2.75, 3.05) is 0 Å². The van der Waals surface area contributed by atoms with Crippen LogP contribution >= 0.6 is 0 Å². The molecule has 0 fully saturated rings. The van der Waals surface area contributed by atoms with Gasteiger partial charge in [-0.3, -0.25) is 0 Å². The Bertz CT molecular complexity index is 222. The SMILES string of the molecule is CC.CC(C)(C)N1C(=O)N=NC1=O. The highest BCUT2D eigenvalue weighted by Gasteiger charge is 2.36. The first-order chi connectivity index (χ1) is 5.93. The average molecular weight is 185 g/mol. The van der Waals surface area contributed by atoms with Crippen molar-refractivity contribution in [1.82, 2.24) is 4.90 Å². The van der Waals surface area contributed by atoms with Gasteiger partial charge in [0.05, 0.1) is 0 Å². The molecule has 4 amide bonds. The fourth-order valence-corrected chi connectivity index (χ4v) is 0.831. The van der Waals surface area contributed by atoms with Gasteiger partial charge in [-0.2, -0.15) is 0 Å². The quantitative estimate of drug-likeness (QED) is 0.582. The van der Waals surface area contributed by atoms with Crippen molar-refractivity contribution < 1.29 is 9.59 Å². The van der Waals surface area contributed by atoms with Crippen molar-refractivity contribution in [2.45, 2.75) is 40.2 Å². The van der Waals surface area contributed by atoms with Crippen molar-refractivity contribution in [3.05, 3.63) is 0 Å². The monoisotopic (exact) mass is 185 g/mol. The minimum Gasteiger partial charge on any atom is -0.244 e. The smallest absolute Gasteiger partial charge is 0.244 e. The Morgan fingerprint density at radius 1 is 1.00 bits per heavy atom. The number of hydrogen-bond donors (Lipinski definition) is 0. The lowest BCUT2D eigenvalue weighted by atomic mass is 10.1. The number of carbonyl (C=O) groups excluding carboxylic acids is 2. The molecular weight excluding hydrogens is 170 g/mol. The zero-order valence-electron chi connectivity index (χ0n) is 8.66. The zero-order valence-corrected chi connectivity index (χ0v) is 8.66. The topological polar surface area (TPSA) is 62.1 Å². The van der Waals surface area contributed by atoms with Crippen LogP contribution in [0.3, 0.4) is 0 Å². The molecule has 1 heterocycles. The summed E-state index contributed by atoms with van der Waals surface area (Å²) in [7, 11) is 0. The molecule has 0 aromatic carbocycles. The Morgan fingerprint density at radius 2 is 1.31 bits per heavy atom. The van der Waals surface area contributed by atoms with Crippen LogP contribution in [0.15, 0.2) is 10.2 Å². The van der Waals surface area contributed by atoms with E-state index in [2.05, 4.69) is 10.2 Å². The van der Waals surface area contributed by atoms with Crippen LogP contribution in [0.4, 0.5) is 9.59 Å². The van der Waals surface area contributed by atoms with E-state index in [4.69, 9.17) is 0 Å². The van der Waals surface area contributed by atoms with E-state index in [-0.39, 0.29) is 0 Å². The molecule has 0 aliphatic carbocycles. The van der Waals surface area contributed by atoms with Crippen LogP contribution < -0.4 is 0 Å². The van der Waals surface area contributed by atoms with Crippen molar-refractivity contribution in [2.24, 2.45) is 10.2 Å². The summed E-state index contributed by atoms with van der Waals surface area (Å²) in [6, 6.07) is -1.16. The molecule has 0 aromatic rings. The molecule has 0 unspecified atom stereocenters. The van der Waals surface area contributed by atoms with Crippen LogP contribution in [0.2, 0.25) is 0 Å².